The molecule has 35 heavy (non-hydrogen) atoms. The van der Waals surface area contributed by atoms with Gasteiger partial charge in [-0.05, 0) is 56.8 Å². The second kappa shape index (κ2) is 7.95. The molecule has 0 aliphatic heterocycles. The lowest BCUT2D eigenvalue weighted by atomic mass is 9.54. The van der Waals surface area contributed by atoms with E-state index in [1.54, 1.807) is 0 Å². The van der Waals surface area contributed by atoms with Crippen LogP contribution in [0.2, 0.25) is 0 Å². The summed E-state index contributed by atoms with van der Waals surface area (Å²) in [6.45, 7) is 4.66. The predicted octanol–water partition coefficient (Wildman–Crippen LogP) is 7.53. The van der Waals surface area contributed by atoms with Crippen molar-refractivity contribution in [3.63, 3.8) is 0 Å². The molecule has 0 radical (unpaired) electrons. The van der Waals surface area contributed by atoms with Gasteiger partial charge in [0.1, 0.15) is 0 Å². The van der Waals surface area contributed by atoms with Gasteiger partial charge in [-0.2, -0.15) is 0 Å². The first-order valence-electron chi connectivity index (χ1n) is 12.5. The number of hydrogen-bond donors (Lipinski definition) is 0. The van der Waals surface area contributed by atoms with Crippen molar-refractivity contribution in [1.29, 1.82) is 0 Å². The molecule has 2 nitrogen and oxygen atoms in total. The Morgan fingerprint density at radius 3 is 1.34 bits per heavy atom. The van der Waals surface area contributed by atoms with Crippen molar-refractivity contribution in [2.75, 3.05) is 7.11 Å². The molecule has 0 amide bonds. The molecule has 1 unspecified atom stereocenters. The van der Waals surface area contributed by atoms with E-state index in [-0.39, 0.29) is 17.3 Å². The van der Waals surface area contributed by atoms with Gasteiger partial charge in [-0.25, -0.2) is 0 Å². The molecule has 2 aliphatic carbocycles. The molecule has 0 heterocycles. The van der Waals surface area contributed by atoms with Crippen molar-refractivity contribution in [3.05, 3.63) is 119 Å². The molecule has 1 atom stereocenters. The standard InChI is InChI=1S/C33H30O2/c1-4-32(27-17-9-5-13-23(27)24-14-6-10-18-28(24)32)22(2)33(21-31(34)35-3)29-19-11-7-15-25(29)26-16-8-12-20-30(26)33/h5-20,22H,4,21H2,1-3H3. The number of ether oxygens (including phenoxy) is 1. The van der Waals surface area contributed by atoms with E-state index in [4.69, 9.17) is 4.74 Å². The van der Waals surface area contributed by atoms with Gasteiger partial charge in [0.2, 0.25) is 0 Å². The topological polar surface area (TPSA) is 26.3 Å². The molecule has 2 heteroatoms. The van der Waals surface area contributed by atoms with Crippen molar-refractivity contribution in [2.45, 2.75) is 37.5 Å². The molecule has 0 N–H and O–H groups in total. The van der Waals surface area contributed by atoms with Crippen molar-refractivity contribution in [3.8, 4) is 22.3 Å². The third-order valence-corrected chi connectivity index (χ3v) is 8.90. The first-order valence-corrected chi connectivity index (χ1v) is 12.5. The van der Waals surface area contributed by atoms with E-state index in [1.165, 1.54) is 51.6 Å². The fraction of sp³-hybridized carbons (Fsp3) is 0.242. The maximum Gasteiger partial charge on any atom is 0.306 e. The zero-order chi connectivity index (χ0) is 24.2. The summed E-state index contributed by atoms with van der Waals surface area (Å²) in [6, 6.07) is 35.0. The van der Waals surface area contributed by atoms with E-state index in [0.717, 1.165) is 6.42 Å². The van der Waals surface area contributed by atoms with E-state index in [0.29, 0.717) is 6.42 Å². The quantitative estimate of drug-likeness (QED) is 0.289. The Bertz CT molecular complexity index is 1360. The zero-order valence-corrected chi connectivity index (χ0v) is 20.5. The number of fused-ring (bicyclic) bond motifs is 6. The van der Waals surface area contributed by atoms with Gasteiger partial charge in [0.25, 0.3) is 0 Å². The summed E-state index contributed by atoms with van der Waals surface area (Å²) >= 11 is 0. The minimum absolute atomic E-state index is 0.0914. The number of esters is 1. The highest BCUT2D eigenvalue weighted by Crippen LogP contribution is 2.64. The normalized spacial score (nSPS) is 16.5. The van der Waals surface area contributed by atoms with Gasteiger partial charge in [0.15, 0.2) is 0 Å². The van der Waals surface area contributed by atoms with Crippen LogP contribution in [0, 0.1) is 5.92 Å². The number of rotatable bonds is 5. The first kappa shape index (κ1) is 21.9. The Balaban J connectivity index is 1.70. The lowest BCUT2D eigenvalue weighted by molar-refractivity contribution is -0.142. The van der Waals surface area contributed by atoms with Crippen LogP contribution in [0.1, 0.15) is 48.9 Å². The molecule has 0 saturated carbocycles. The molecular weight excluding hydrogens is 428 g/mol. The number of carbonyl (C=O) groups excluding carboxylic acids is 1. The smallest absolute Gasteiger partial charge is 0.306 e. The lowest BCUT2D eigenvalue weighted by Gasteiger charge is -2.48. The minimum Gasteiger partial charge on any atom is -0.469 e. The van der Waals surface area contributed by atoms with Gasteiger partial charge in [0.05, 0.1) is 13.5 Å². The van der Waals surface area contributed by atoms with Crippen LogP contribution in [0.4, 0.5) is 0 Å². The minimum atomic E-state index is -0.513. The van der Waals surface area contributed by atoms with Gasteiger partial charge in [-0.3, -0.25) is 4.79 Å². The average molecular weight is 459 g/mol. The second-order valence-corrected chi connectivity index (χ2v) is 9.95. The van der Waals surface area contributed by atoms with Crippen LogP contribution in [0.5, 0.6) is 0 Å². The fourth-order valence-corrected chi connectivity index (χ4v) is 7.40. The monoisotopic (exact) mass is 458 g/mol. The molecule has 0 spiro atoms. The maximum atomic E-state index is 13.2. The SMILES string of the molecule is CCC1(C(C)C2(CC(=O)OC)c3ccccc3-c3ccccc32)c2ccccc2-c2ccccc21. The van der Waals surface area contributed by atoms with Crippen molar-refractivity contribution < 1.29 is 9.53 Å². The summed E-state index contributed by atoms with van der Waals surface area (Å²) in [7, 11) is 1.50. The average Bonchev–Trinajstić information content (AvgIpc) is 3.37. The van der Waals surface area contributed by atoms with Gasteiger partial charge in [0, 0.05) is 10.8 Å². The summed E-state index contributed by atoms with van der Waals surface area (Å²) in [5, 5.41) is 0. The largest absolute Gasteiger partial charge is 0.469 e. The highest BCUT2D eigenvalue weighted by molar-refractivity contribution is 5.87. The molecular formula is C33H30O2. The first-order chi connectivity index (χ1) is 17.1. The highest BCUT2D eigenvalue weighted by Gasteiger charge is 2.58. The number of methoxy groups -OCH3 is 1. The third kappa shape index (κ3) is 2.74. The van der Waals surface area contributed by atoms with E-state index in [2.05, 4.69) is 111 Å². The number of hydrogen-bond acceptors (Lipinski definition) is 2. The van der Waals surface area contributed by atoms with Crippen LogP contribution >= 0.6 is 0 Å². The van der Waals surface area contributed by atoms with E-state index < -0.39 is 5.41 Å². The zero-order valence-electron chi connectivity index (χ0n) is 20.5. The van der Waals surface area contributed by atoms with Gasteiger partial charge < -0.3 is 4.74 Å². The molecule has 0 fully saturated rings. The van der Waals surface area contributed by atoms with Gasteiger partial charge >= 0.3 is 5.97 Å². The van der Waals surface area contributed by atoms with E-state index in [1.807, 2.05) is 0 Å². The predicted molar refractivity (Wildman–Crippen MR) is 141 cm³/mol. The summed E-state index contributed by atoms with van der Waals surface area (Å²) in [4.78, 5) is 13.2. The summed E-state index contributed by atoms with van der Waals surface area (Å²) in [5.74, 6) is -0.0807. The highest BCUT2D eigenvalue weighted by atomic mass is 16.5. The molecule has 2 aliphatic rings. The van der Waals surface area contributed by atoms with Crippen LogP contribution in [0.3, 0.4) is 0 Å². The number of benzene rings is 4. The van der Waals surface area contributed by atoms with Crippen molar-refractivity contribution in [1.82, 2.24) is 0 Å². The molecule has 4 aromatic carbocycles. The molecule has 0 aromatic heterocycles. The molecule has 0 bridgehead atoms. The van der Waals surface area contributed by atoms with Crippen LogP contribution in [0.25, 0.3) is 22.3 Å². The van der Waals surface area contributed by atoms with Crippen LogP contribution in [0.15, 0.2) is 97.1 Å². The summed E-state index contributed by atoms with van der Waals surface area (Å²) in [6.07, 6.45) is 1.25. The number of carbonyl (C=O) groups is 1. The molecule has 174 valence electrons. The van der Waals surface area contributed by atoms with E-state index >= 15 is 0 Å². The summed E-state index contributed by atoms with van der Waals surface area (Å²) < 4.78 is 5.35. The van der Waals surface area contributed by atoms with Crippen LogP contribution in [-0.4, -0.2) is 13.1 Å². The Morgan fingerprint density at radius 1 is 0.657 bits per heavy atom. The lowest BCUT2D eigenvalue weighted by Crippen LogP contribution is -2.47. The second-order valence-electron chi connectivity index (χ2n) is 9.95. The maximum absolute atomic E-state index is 13.2. The van der Waals surface area contributed by atoms with Crippen molar-refractivity contribution >= 4 is 5.97 Å². The Kier molecular flexibility index (Phi) is 4.96. The van der Waals surface area contributed by atoms with Gasteiger partial charge in [-0.15, -0.1) is 0 Å². The van der Waals surface area contributed by atoms with Gasteiger partial charge in [-0.1, -0.05) is 111 Å². The Morgan fingerprint density at radius 2 is 1.00 bits per heavy atom. The third-order valence-electron chi connectivity index (χ3n) is 8.90. The molecule has 6 rings (SSSR count). The molecule has 4 aromatic rings. The Labute approximate surface area is 207 Å². The van der Waals surface area contributed by atoms with Crippen LogP contribution < -0.4 is 0 Å². The van der Waals surface area contributed by atoms with Crippen molar-refractivity contribution in [2.24, 2.45) is 5.92 Å². The van der Waals surface area contributed by atoms with E-state index in [9.17, 15) is 4.79 Å². The summed E-state index contributed by atoms with van der Waals surface area (Å²) in [5.41, 5.74) is 9.50. The van der Waals surface area contributed by atoms with Crippen LogP contribution in [-0.2, 0) is 20.4 Å². The fourth-order valence-electron chi connectivity index (χ4n) is 7.40. The Hall–Kier alpha value is -3.65. The molecule has 0 saturated heterocycles.